The maximum Gasteiger partial charge on any atom is 0.302 e. The molecular formula is C32H52O2. The molecule has 2 heteroatoms. The van der Waals surface area contributed by atoms with E-state index < -0.39 is 0 Å². The number of ether oxygens (including phenoxy) is 1. The van der Waals surface area contributed by atoms with Crippen LogP contribution in [0.15, 0.2) is 11.6 Å². The van der Waals surface area contributed by atoms with Crippen molar-refractivity contribution in [3.63, 3.8) is 0 Å². The van der Waals surface area contributed by atoms with Gasteiger partial charge >= 0.3 is 5.97 Å². The van der Waals surface area contributed by atoms with Crippen molar-refractivity contribution in [2.75, 3.05) is 0 Å². The van der Waals surface area contributed by atoms with Crippen molar-refractivity contribution in [1.82, 2.24) is 0 Å². The van der Waals surface area contributed by atoms with Crippen LogP contribution in [-0.2, 0) is 9.53 Å². The molecular weight excluding hydrogens is 416 g/mol. The van der Waals surface area contributed by atoms with E-state index in [1.807, 2.05) is 5.57 Å². The fourth-order valence-electron chi connectivity index (χ4n) is 11.0. The first kappa shape index (κ1) is 24.9. The first-order chi connectivity index (χ1) is 15.6. The molecule has 0 bridgehead atoms. The van der Waals surface area contributed by atoms with Crippen LogP contribution in [0, 0.1) is 50.2 Å². The lowest BCUT2D eigenvalue weighted by Crippen LogP contribution is -2.66. The van der Waals surface area contributed by atoms with Crippen molar-refractivity contribution >= 4 is 5.97 Å². The lowest BCUT2D eigenvalue weighted by atomic mass is 9.32. The number of rotatable bonds is 1. The second-order valence-electron chi connectivity index (χ2n) is 15.7. The van der Waals surface area contributed by atoms with Gasteiger partial charge in [-0.15, -0.1) is 0 Å². The highest BCUT2D eigenvalue weighted by atomic mass is 16.5. The third kappa shape index (κ3) is 3.21. The minimum absolute atomic E-state index is 0.0544. The van der Waals surface area contributed by atoms with Gasteiger partial charge in [0, 0.05) is 12.3 Å². The summed E-state index contributed by atoms with van der Waals surface area (Å²) in [6, 6.07) is 0. The van der Waals surface area contributed by atoms with Crippen LogP contribution in [0.2, 0.25) is 0 Å². The Hall–Kier alpha value is -0.790. The molecule has 0 unspecified atom stereocenters. The number of hydrogen-bond acceptors (Lipinski definition) is 2. The van der Waals surface area contributed by atoms with E-state index in [4.69, 9.17) is 4.74 Å². The van der Waals surface area contributed by atoms with Crippen molar-refractivity contribution < 1.29 is 9.53 Å². The Morgan fingerprint density at radius 2 is 1.44 bits per heavy atom. The molecule has 5 aliphatic rings. The zero-order chi connectivity index (χ0) is 24.9. The Kier molecular flexibility index (Phi) is 5.40. The highest BCUT2D eigenvalue weighted by Gasteiger charge is 2.69. The van der Waals surface area contributed by atoms with Crippen LogP contribution in [0.1, 0.15) is 127 Å². The molecule has 0 N–H and O–H groups in total. The third-order valence-corrected chi connectivity index (χ3v) is 13.2. The number of carbonyl (C=O) groups excluding carboxylic acids is 1. The molecule has 0 aromatic rings. The molecule has 0 amide bonds. The zero-order valence-electron chi connectivity index (χ0n) is 23.8. The van der Waals surface area contributed by atoms with E-state index in [0.717, 1.165) is 18.3 Å². The van der Waals surface area contributed by atoms with E-state index in [9.17, 15) is 4.79 Å². The SMILES string of the molecule is CC(=O)O[C@@H]1CC[C@]2(C)[C@H]3CC[C@H]4C5=CC(C)(C)CC[C@]5(C)CC[C@@]4(C)[C@]3(C)CC[C@H]2C1(C)C. The van der Waals surface area contributed by atoms with Gasteiger partial charge in [-0.25, -0.2) is 0 Å². The van der Waals surface area contributed by atoms with Gasteiger partial charge in [0.1, 0.15) is 6.10 Å². The molecule has 8 atom stereocenters. The highest BCUT2D eigenvalue weighted by molar-refractivity contribution is 5.66. The summed E-state index contributed by atoms with van der Waals surface area (Å²) in [5, 5.41) is 0. The summed E-state index contributed by atoms with van der Waals surface area (Å²) in [6.07, 6.45) is 16.0. The lowest BCUT2D eigenvalue weighted by molar-refractivity contribution is -0.233. The molecule has 34 heavy (non-hydrogen) atoms. The molecule has 4 fully saturated rings. The standard InChI is InChI=1S/C32H52O2/c1-21(33)34-26-13-14-30(7)24(28(26,4)5)12-15-32(9)25(30)11-10-22-23-20-27(2,3)16-17-29(23,6)18-19-31(22,32)8/h20,22,24-26H,10-19H2,1-9H3/t22-,24-,25+,26+,29+,30-,31+,32+/m0/s1. The highest BCUT2D eigenvalue weighted by Crippen LogP contribution is 2.76. The fourth-order valence-corrected chi connectivity index (χ4v) is 11.0. The maximum atomic E-state index is 11.9. The monoisotopic (exact) mass is 468 g/mol. The molecule has 5 aliphatic carbocycles. The predicted molar refractivity (Wildman–Crippen MR) is 140 cm³/mol. The van der Waals surface area contributed by atoms with Gasteiger partial charge < -0.3 is 4.74 Å². The van der Waals surface area contributed by atoms with Gasteiger partial charge in [-0.2, -0.15) is 0 Å². The lowest BCUT2D eigenvalue weighted by Gasteiger charge is -2.72. The largest absolute Gasteiger partial charge is 0.462 e. The second-order valence-corrected chi connectivity index (χ2v) is 15.7. The van der Waals surface area contributed by atoms with Gasteiger partial charge in [-0.1, -0.05) is 67.0 Å². The third-order valence-electron chi connectivity index (χ3n) is 13.2. The van der Waals surface area contributed by atoms with Crippen LogP contribution in [0.4, 0.5) is 0 Å². The molecule has 192 valence electrons. The van der Waals surface area contributed by atoms with Gasteiger partial charge in [-0.05, 0) is 109 Å². The smallest absolute Gasteiger partial charge is 0.302 e. The minimum Gasteiger partial charge on any atom is -0.462 e. The average molecular weight is 469 g/mol. The molecule has 0 aromatic heterocycles. The van der Waals surface area contributed by atoms with Crippen molar-refractivity contribution in [2.24, 2.45) is 50.2 Å². The van der Waals surface area contributed by atoms with Crippen LogP contribution in [-0.4, -0.2) is 12.1 Å². The Morgan fingerprint density at radius 1 is 0.765 bits per heavy atom. The van der Waals surface area contributed by atoms with Gasteiger partial charge in [-0.3, -0.25) is 4.79 Å². The molecule has 4 saturated carbocycles. The molecule has 0 aromatic carbocycles. The first-order valence-electron chi connectivity index (χ1n) is 14.5. The van der Waals surface area contributed by atoms with E-state index in [1.165, 1.54) is 57.8 Å². The van der Waals surface area contributed by atoms with Crippen molar-refractivity contribution in [3.05, 3.63) is 11.6 Å². The summed E-state index contributed by atoms with van der Waals surface area (Å²) in [6.45, 7) is 22.0. The van der Waals surface area contributed by atoms with Crippen LogP contribution in [0.5, 0.6) is 0 Å². The summed E-state index contributed by atoms with van der Waals surface area (Å²) in [5.41, 5.74) is 3.85. The van der Waals surface area contributed by atoms with E-state index in [2.05, 4.69) is 61.5 Å². The van der Waals surface area contributed by atoms with E-state index in [1.54, 1.807) is 6.92 Å². The fraction of sp³-hybridized carbons (Fsp3) is 0.906. The predicted octanol–water partition coefficient (Wildman–Crippen LogP) is 8.74. The number of fused-ring (bicyclic) bond motifs is 7. The number of allylic oxidation sites excluding steroid dienone is 2. The first-order valence-corrected chi connectivity index (χ1v) is 14.5. The van der Waals surface area contributed by atoms with Crippen LogP contribution >= 0.6 is 0 Å². The van der Waals surface area contributed by atoms with Gasteiger partial charge in [0.05, 0.1) is 0 Å². The van der Waals surface area contributed by atoms with Crippen LogP contribution in [0.25, 0.3) is 0 Å². The topological polar surface area (TPSA) is 26.3 Å². The summed E-state index contributed by atoms with van der Waals surface area (Å²) < 4.78 is 5.91. The number of hydrogen-bond donors (Lipinski definition) is 0. The summed E-state index contributed by atoms with van der Waals surface area (Å²) in [7, 11) is 0. The van der Waals surface area contributed by atoms with Crippen molar-refractivity contribution in [2.45, 2.75) is 133 Å². The van der Waals surface area contributed by atoms with Crippen LogP contribution < -0.4 is 0 Å². The second kappa shape index (κ2) is 7.38. The molecule has 0 saturated heterocycles. The molecule has 0 radical (unpaired) electrons. The van der Waals surface area contributed by atoms with Crippen molar-refractivity contribution in [3.8, 4) is 0 Å². The molecule has 0 spiro atoms. The van der Waals surface area contributed by atoms with Gasteiger partial charge in [0.15, 0.2) is 0 Å². The zero-order valence-corrected chi connectivity index (χ0v) is 23.8. The summed E-state index contributed by atoms with van der Waals surface area (Å²) >= 11 is 0. The Bertz CT molecular complexity index is 897. The van der Waals surface area contributed by atoms with Gasteiger partial charge in [0.2, 0.25) is 0 Å². The van der Waals surface area contributed by atoms with Crippen LogP contribution in [0.3, 0.4) is 0 Å². The normalized spacial score (nSPS) is 51.1. The molecule has 0 aliphatic heterocycles. The number of carbonyl (C=O) groups is 1. The average Bonchev–Trinajstić information content (AvgIpc) is 2.72. The Labute approximate surface area is 210 Å². The molecule has 2 nitrogen and oxygen atoms in total. The summed E-state index contributed by atoms with van der Waals surface area (Å²) in [5.74, 6) is 2.07. The molecule has 5 rings (SSSR count). The van der Waals surface area contributed by atoms with E-state index >= 15 is 0 Å². The Balaban J connectivity index is 1.51. The minimum atomic E-state index is -0.107. The van der Waals surface area contributed by atoms with Crippen molar-refractivity contribution in [1.29, 1.82) is 0 Å². The molecule has 0 heterocycles. The number of esters is 1. The van der Waals surface area contributed by atoms with E-state index in [-0.39, 0.29) is 17.5 Å². The quantitative estimate of drug-likeness (QED) is 0.284. The summed E-state index contributed by atoms with van der Waals surface area (Å²) in [4.78, 5) is 11.9. The van der Waals surface area contributed by atoms with Gasteiger partial charge in [0.25, 0.3) is 0 Å². The van der Waals surface area contributed by atoms with E-state index in [0.29, 0.717) is 33.0 Å². The Morgan fingerprint density at radius 3 is 2.12 bits per heavy atom. The maximum absolute atomic E-state index is 11.9.